The number of nitrogens with two attached hydrogens (primary N) is 1. The van der Waals surface area contributed by atoms with Crippen molar-refractivity contribution in [1.82, 2.24) is 0 Å². The van der Waals surface area contributed by atoms with Crippen molar-refractivity contribution in [2.75, 3.05) is 5.73 Å². The van der Waals surface area contributed by atoms with Crippen molar-refractivity contribution in [2.24, 2.45) is 0 Å². The molecule has 0 amide bonds. The van der Waals surface area contributed by atoms with Gasteiger partial charge in [0.1, 0.15) is 5.75 Å². The Morgan fingerprint density at radius 3 is 2.18 bits per heavy atom. The molecule has 0 fully saturated rings. The van der Waals surface area contributed by atoms with E-state index in [1.54, 1.807) is 0 Å². The molecule has 2 nitrogen and oxygen atoms in total. The lowest BCUT2D eigenvalue weighted by Crippen LogP contribution is -2.45. The van der Waals surface area contributed by atoms with Gasteiger partial charge >= 0.3 is 12.3 Å². The van der Waals surface area contributed by atoms with E-state index in [4.69, 9.17) is 5.73 Å². The zero-order chi connectivity index (χ0) is 13.3. The van der Waals surface area contributed by atoms with Crippen LogP contribution in [0.15, 0.2) is 24.3 Å². The second-order valence-electron chi connectivity index (χ2n) is 3.14. The van der Waals surface area contributed by atoms with E-state index in [1.807, 2.05) is 0 Å². The highest BCUT2D eigenvalue weighted by Gasteiger charge is 2.59. The van der Waals surface area contributed by atoms with Crippen LogP contribution in [0.4, 0.5) is 32.0 Å². The first-order chi connectivity index (χ1) is 7.63. The van der Waals surface area contributed by atoms with Crippen molar-refractivity contribution in [2.45, 2.75) is 18.5 Å². The van der Waals surface area contributed by atoms with Gasteiger partial charge in [0.15, 0.2) is 0 Å². The molecule has 1 atom stereocenters. The van der Waals surface area contributed by atoms with Crippen LogP contribution in [-0.4, -0.2) is 18.5 Å². The smallest absolute Gasteiger partial charge is 0.430 e. The lowest BCUT2D eigenvalue weighted by Gasteiger charge is -2.23. The first-order valence-corrected chi connectivity index (χ1v) is 4.26. The van der Waals surface area contributed by atoms with Crippen molar-refractivity contribution in [3.05, 3.63) is 24.3 Å². The highest BCUT2D eigenvalue weighted by atomic mass is 19.4. The summed E-state index contributed by atoms with van der Waals surface area (Å²) in [5.74, 6) is -0.651. The number of rotatable bonds is 3. The number of hydrogen-bond acceptors (Lipinski definition) is 2. The fourth-order valence-corrected chi connectivity index (χ4v) is 0.977. The van der Waals surface area contributed by atoms with Gasteiger partial charge in [-0.25, -0.2) is 4.39 Å². The highest BCUT2D eigenvalue weighted by molar-refractivity contribution is 5.43. The standard InChI is InChI=1S/C9H7F6NO/c10-7(8(11,12)13)9(14,15)17-6-3-1-2-5(16)4-6/h1-4,7H,16H2. The predicted molar refractivity (Wildman–Crippen MR) is 47.4 cm³/mol. The van der Waals surface area contributed by atoms with Crippen LogP contribution >= 0.6 is 0 Å². The molecule has 2 N–H and O–H groups in total. The molecule has 0 saturated carbocycles. The Morgan fingerprint density at radius 1 is 1.12 bits per heavy atom. The van der Waals surface area contributed by atoms with Crippen LogP contribution in [-0.2, 0) is 0 Å². The number of halogens is 6. The Kier molecular flexibility index (Phi) is 3.44. The van der Waals surface area contributed by atoms with Gasteiger partial charge in [-0.15, -0.1) is 0 Å². The largest absolute Gasteiger partial charge is 0.439 e. The quantitative estimate of drug-likeness (QED) is 0.668. The average Bonchev–Trinajstić information content (AvgIpc) is 2.14. The van der Waals surface area contributed by atoms with Crippen molar-refractivity contribution in [3.63, 3.8) is 0 Å². The van der Waals surface area contributed by atoms with Gasteiger partial charge in [0, 0.05) is 11.8 Å². The summed E-state index contributed by atoms with van der Waals surface area (Å²) in [6.07, 6.45) is -15.1. The van der Waals surface area contributed by atoms with Crippen molar-refractivity contribution >= 4 is 5.69 Å². The molecule has 0 heterocycles. The normalized spacial score (nSPS) is 14.5. The zero-order valence-corrected chi connectivity index (χ0v) is 8.14. The van der Waals surface area contributed by atoms with E-state index in [1.165, 1.54) is 12.1 Å². The van der Waals surface area contributed by atoms with E-state index in [-0.39, 0.29) is 5.69 Å². The molecule has 1 rings (SSSR count). The highest BCUT2D eigenvalue weighted by Crippen LogP contribution is 2.36. The molecule has 96 valence electrons. The van der Waals surface area contributed by atoms with E-state index in [2.05, 4.69) is 4.74 Å². The van der Waals surface area contributed by atoms with Gasteiger partial charge in [-0.1, -0.05) is 6.07 Å². The SMILES string of the molecule is Nc1cccc(OC(F)(F)C(F)C(F)(F)F)c1. The maximum Gasteiger partial charge on any atom is 0.439 e. The minimum atomic E-state index is -5.70. The monoisotopic (exact) mass is 259 g/mol. The molecule has 0 aliphatic carbocycles. The molecule has 1 aromatic rings. The summed E-state index contributed by atoms with van der Waals surface area (Å²) in [6.45, 7) is 0. The van der Waals surface area contributed by atoms with Crippen molar-refractivity contribution < 1.29 is 31.1 Å². The molecule has 0 aliphatic heterocycles. The van der Waals surface area contributed by atoms with Gasteiger partial charge < -0.3 is 10.5 Å². The van der Waals surface area contributed by atoms with Gasteiger partial charge in [-0.05, 0) is 12.1 Å². The van der Waals surface area contributed by atoms with E-state index in [9.17, 15) is 26.3 Å². The van der Waals surface area contributed by atoms with E-state index in [0.717, 1.165) is 12.1 Å². The Bertz CT molecular complexity index is 391. The van der Waals surface area contributed by atoms with Gasteiger partial charge in [0.05, 0.1) is 0 Å². The van der Waals surface area contributed by atoms with E-state index < -0.39 is 24.2 Å². The number of hydrogen-bond donors (Lipinski definition) is 1. The Labute approximate surface area is 92.0 Å². The number of anilines is 1. The number of ether oxygens (including phenoxy) is 1. The zero-order valence-electron chi connectivity index (χ0n) is 8.14. The summed E-state index contributed by atoms with van der Waals surface area (Å²) in [4.78, 5) is 0. The summed E-state index contributed by atoms with van der Waals surface area (Å²) in [6, 6.07) is 4.29. The molecule has 8 heteroatoms. The fraction of sp³-hybridized carbons (Fsp3) is 0.333. The van der Waals surface area contributed by atoms with Crippen LogP contribution in [0.3, 0.4) is 0 Å². The molecular formula is C9H7F6NO. The third kappa shape index (κ3) is 3.43. The molecule has 1 aromatic carbocycles. The first-order valence-electron chi connectivity index (χ1n) is 4.26. The van der Waals surface area contributed by atoms with Gasteiger partial charge in [-0.3, -0.25) is 0 Å². The van der Waals surface area contributed by atoms with Crippen molar-refractivity contribution in [3.8, 4) is 5.75 Å². The van der Waals surface area contributed by atoms with Crippen LogP contribution in [0.1, 0.15) is 0 Å². The topological polar surface area (TPSA) is 35.2 Å². The van der Waals surface area contributed by atoms with Gasteiger partial charge in [0.25, 0.3) is 6.17 Å². The van der Waals surface area contributed by atoms with Crippen LogP contribution < -0.4 is 10.5 Å². The summed E-state index contributed by atoms with van der Waals surface area (Å²) in [5, 5.41) is 0. The maximum absolute atomic E-state index is 12.8. The number of nitrogen functional groups attached to an aromatic ring is 1. The molecule has 0 radical (unpaired) electrons. The lowest BCUT2D eigenvalue weighted by atomic mass is 10.3. The molecule has 1 unspecified atom stereocenters. The third-order valence-corrected chi connectivity index (χ3v) is 1.69. The van der Waals surface area contributed by atoms with E-state index >= 15 is 0 Å². The van der Waals surface area contributed by atoms with Gasteiger partial charge in [0.2, 0.25) is 0 Å². The Balaban J connectivity index is 2.86. The summed E-state index contributed by atoms with van der Waals surface area (Å²) < 4.78 is 77.0. The minimum Gasteiger partial charge on any atom is -0.430 e. The van der Waals surface area contributed by atoms with Gasteiger partial charge in [-0.2, -0.15) is 22.0 Å². The van der Waals surface area contributed by atoms with E-state index in [0.29, 0.717) is 0 Å². The van der Waals surface area contributed by atoms with Crippen LogP contribution in [0, 0.1) is 0 Å². The molecule has 0 aliphatic rings. The molecule has 0 saturated heterocycles. The van der Waals surface area contributed by atoms with Crippen LogP contribution in [0.2, 0.25) is 0 Å². The van der Waals surface area contributed by atoms with Crippen molar-refractivity contribution in [1.29, 1.82) is 0 Å². The summed E-state index contributed by atoms with van der Waals surface area (Å²) >= 11 is 0. The molecular weight excluding hydrogens is 252 g/mol. The predicted octanol–water partition coefficient (Wildman–Crippen LogP) is 3.14. The molecule has 17 heavy (non-hydrogen) atoms. The lowest BCUT2D eigenvalue weighted by molar-refractivity contribution is -0.304. The minimum absolute atomic E-state index is 0.000664. The second kappa shape index (κ2) is 4.34. The average molecular weight is 259 g/mol. The number of benzene rings is 1. The van der Waals surface area contributed by atoms with Crippen LogP contribution in [0.5, 0.6) is 5.75 Å². The maximum atomic E-state index is 12.8. The Hall–Kier alpha value is -1.60. The molecule has 0 aromatic heterocycles. The summed E-state index contributed by atoms with van der Waals surface area (Å²) in [5.41, 5.74) is 5.20. The molecule has 0 spiro atoms. The van der Waals surface area contributed by atoms with Crippen LogP contribution in [0.25, 0.3) is 0 Å². The fourth-order valence-electron chi connectivity index (χ4n) is 0.977. The number of alkyl halides is 6. The first kappa shape index (κ1) is 13.5. The summed E-state index contributed by atoms with van der Waals surface area (Å²) in [7, 11) is 0. The second-order valence-corrected chi connectivity index (χ2v) is 3.14. The Morgan fingerprint density at radius 2 is 1.71 bits per heavy atom. The third-order valence-electron chi connectivity index (χ3n) is 1.69. The molecule has 0 bridgehead atoms.